The second kappa shape index (κ2) is 7.56. The second-order valence-electron chi connectivity index (χ2n) is 8.30. The molecule has 4 heterocycles. The molecule has 0 spiro atoms. The molecule has 0 bridgehead atoms. The molecular weight excluding hydrogens is 481 g/mol. The van der Waals surface area contributed by atoms with Crippen LogP contribution in [0.15, 0.2) is 36.9 Å². The maximum absolute atomic E-state index is 6.03. The van der Waals surface area contributed by atoms with E-state index in [2.05, 4.69) is 69.0 Å². The quantitative estimate of drug-likeness (QED) is 0.162. The van der Waals surface area contributed by atoms with Crippen LogP contribution < -0.4 is 0 Å². The third kappa shape index (κ3) is 3.99. The molecule has 0 fully saturated rings. The van der Waals surface area contributed by atoms with E-state index in [4.69, 9.17) is 9.72 Å². The minimum atomic E-state index is -1.11. The summed E-state index contributed by atoms with van der Waals surface area (Å²) in [5, 5.41) is 6.55. The maximum atomic E-state index is 6.03. The Labute approximate surface area is 179 Å². The van der Waals surface area contributed by atoms with Gasteiger partial charge in [-0.1, -0.05) is 19.6 Å². The summed E-state index contributed by atoms with van der Waals surface area (Å²) < 4.78 is 10.9. The van der Waals surface area contributed by atoms with Crippen LogP contribution in [-0.2, 0) is 18.5 Å². The summed E-state index contributed by atoms with van der Waals surface area (Å²) in [6, 6.07) is 5.46. The lowest BCUT2D eigenvalue weighted by Crippen LogP contribution is -2.22. The van der Waals surface area contributed by atoms with Gasteiger partial charge in [-0.25, -0.2) is 9.97 Å². The lowest BCUT2D eigenvalue weighted by molar-refractivity contribution is 0.0925. The molecule has 146 valence electrons. The Morgan fingerprint density at radius 2 is 1.86 bits per heavy atom. The fourth-order valence-corrected chi connectivity index (χ4v) is 4.44. The number of fused-ring (bicyclic) bond motifs is 3. The number of halogens is 1. The highest BCUT2D eigenvalue weighted by molar-refractivity contribution is 14.1. The van der Waals surface area contributed by atoms with Crippen molar-refractivity contribution in [2.45, 2.75) is 32.4 Å². The largest absolute Gasteiger partial charge is 0.361 e. The van der Waals surface area contributed by atoms with Crippen LogP contribution in [0.4, 0.5) is 0 Å². The minimum Gasteiger partial charge on any atom is -0.361 e. The van der Waals surface area contributed by atoms with E-state index in [1.807, 2.05) is 36.5 Å². The van der Waals surface area contributed by atoms with E-state index in [0.717, 1.165) is 49.4 Å². The van der Waals surface area contributed by atoms with Crippen LogP contribution in [0, 0.1) is 3.70 Å². The van der Waals surface area contributed by atoms with Crippen LogP contribution in [-0.4, -0.2) is 39.0 Å². The Morgan fingerprint density at radius 3 is 2.57 bits per heavy atom. The van der Waals surface area contributed by atoms with E-state index in [0.29, 0.717) is 6.73 Å². The first kappa shape index (κ1) is 19.5. The van der Waals surface area contributed by atoms with Crippen LogP contribution in [0.2, 0.25) is 25.7 Å². The van der Waals surface area contributed by atoms with Gasteiger partial charge in [0.25, 0.3) is 0 Å². The Kier molecular flexibility index (Phi) is 5.28. The van der Waals surface area contributed by atoms with Crippen molar-refractivity contribution in [1.29, 1.82) is 0 Å². The van der Waals surface area contributed by atoms with Gasteiger partial charge in [-0.15, -0.1) is 0 Å². The van der Waals surface area contributed by atoms with Gasteiger partial charge in [0, 0.05) is 56.0 Å². The molecule has 0 aliphatic heterocycles. The molecule has 0 amide bonds. The molecule has 0 unspecified atom stereocenters. The predicted molar refractivity (Wildman–Crippen MR) is 124 cm³/mol. The van der Waals surface area contributed by atoms with Gasteiger partial charge in [0.05, 0.1) is 17.9 Å². The van der Waals surface area contributed by atoms with Crippen LogP contribution in [0.3, 0.4) is 0 Å². The van der Waals surface area contributed by atoms with E-state index in [1.54, 1.807) is 0 Å². The molecule has 4 rings (SSSR count). The Morgan fingerprint density at radius 1 is 1.04 bits per heavy atom. The molecule has 0 radical (unpaired) electrons. The highest BCUT2D eigenvalue weighted by atomic mass is 127. The molecular formula is C20H24IN5OSi. The van der Waals surface area contributed by atoms with Crippen molar-refractivity contribution in [2.24, 2.45) is 7.05 Å². The fraction of sp³-hybridized carbons (Fsp3) is 0.350. The van der Waals surface area contributed by atoms with Crippen molar-refractivity contribution >= 4 is 52.6 Å². The number of pyridine rings is 2. The van der Waals surface area contributed by atoms with E-state index in [-0.39, 0.29) is 0 Å². The second-order valence-corrected chi connectivity index (χ2v) is 15.0. The Bertz CT molecular complexity index is 1140. The number of aryl methyl sites for hydroxylation is 1. The third-order valence-electron chi connectivity index (χ3n) is 4.81. The first-order chi connectivity index (χ1) is 13.3. The zero-order chi connectivity index (χ0) is 19.9. The Balaban J connectivity index is 1.75. The average Bonchev–Trinajstić information content (AvgIpc) is 3.19. The molecule has 0 aliphatic carbocycles. The average molecular weight is 505 g/mol. The highest BCUT2D eigenvalue weighted by Gasteiger charge is 2.16. The van der Waals surface area contributed by atoms with Crippen LogP contribution in [0.5, 0.6) is 0 Å². The standard InChI is InChI=1S/C20H24IN5OSi/c1-25-12-15(10-24-25)14-7-17-16-8-19(21)22-11-18(16)26(20(17)23-9-14)13-27-5-6-28(2,3)4/h7-12H,5-6,13H2,1-4H3. The summed E-state index contributed by atoms with van der Waals surface area (Å²) in [4.78, 5) is 9.28. The molecule has 4 aromatic heterocycles. The van der Waals surface area contributed by atoms with Gasteiger partial charge in [-0.3, -0.25) is 9.25 Å². The van der Waals surface area contributed by atoms with Gasteiger partial charge in [-0.2, -0.15) is 5.10 Å². The number of ether oxygens (including phenoxy) is 1. The summed E-state index contributed by atoms with van der Waals surface area (Å²) in [6.07, 6.45) is 7.71. The van der Waals surface area contributed by atoms with E-state index in [9.17, 15) is 0 Å². The van der Waals surface area contributed by atoms with Gasteiger partial charge in [0.1, 0.15) is 16.1 Å². The van der Waals surface area contributed by atoms with Crippen molar-refractivity contribution < 1.29 is 4.74 Å². The number of nitrogens with zero attached hydrogens (tertiary/aromatic N) is 5. The van der Waals surface area contributed by atoms with Gasteiger partial charge >= 0.3 is 0 Å². The molecule has 0 saturated heterocycles. The maximum Gasteiger partial charge on any atom is 0.142 e. The fourth-order valence-electron chi connectivity index (χ4n) is 3.23. The van der Waals surface area contributed by atoms with Crippen LogP contribution >= 0.6 is 22.6 Å². The third-order valence-corrected chi connectivity index (χ3v) is 7.10. The summed E-state index contributed by atoms with van der Waals surface area (Å²) in [5.74, 6) is 0. The first-order valence-electron chi connectivity index (χ1n) is 9.32. The smallest absolute Gasteiger partial charge is 0.142 e. The van der Waals surface area contributed by atoms with Gasteiger partial charge < -0.3 is 4.74 Å². The molecule has 0 aliphatic rings. The zero-order valence-electron chi connectivity index (χ0n) is 16.6. The number of hydrogen-bond donors (Lipinski definition) is 0. The zero-order valence-corrected chi connectivity index (χ0v) is 19.8. The molecule has 28 heavy (non-hydrogen) atoms. The lowest BCUT2D eigenvalue weighted by atomic mass is 10.1. The molecule has 0 aromatic carbocycles. The first-order valence-corrected chi connectivity index (χ1v) is 14.1. The van der Waals surface area contributed by atoms with Gasteiger partial charge in [-0.05, 0) is 40.8 Å². The van der Waals surface area contributed by atoms with E-state index < -0.39 is 8.07 Å². The molecule has 0 saturated carbocycles. The van der Waals surface area contributed by atoms with Crippen molar-refractivity contribution in [1.82, 2.24) is 24.3 Å². The molecule has 8 heteroatoms. The van der Waals surface area contributed by atoms with Crippen LogP contribution in [0.25, 0.3) is 33.1 Å². The number of hydrogen-bond acceptors (Lipinski definition) is 4. The summed E-state index contributed by atoms with van der Waals surface area (Å²) >= 11 is 2.26. The van der Waals surface area contributed by atoms with E-state index in [1.165, 1.54) is 0 Å². The summed E-state index contributed by atoms with van der Waals surface area (Å²) in [6.45, 7) is 8.37. The lowest BCUT2D eigenvalue weighted by Gasteiger charge is -2.16. The molecule has 4 aromatic rings. The van der Waals surface area contributed by atoms with Crippen molar-refractivity contribution in [3.05, 3.63) is 40.6 Å². The molecule has 6 nitrogen and oxygen atoms in total. The topological polar surface area (TPSA) is 57.8 Å². The van der Waals surface area contributed by atoms with Gasteiger partial charge in [0.15, 0.2) is 0 Å². The van der Waals surface area contributed by atoms with Gasteiger partial charge in [0.2, 0.25) is 0 Å². The van der Waals surface area contributed by atoms with Crippen molar-refractivity contribution in [2.75, 3.05) is 6.61 Å². The number of rotatable bonds is 6. The van der Waals surface area contributed by atoms with Crippen molar-refractivity contribution in [3.8, 4) is 11.1 Å². The Hall–Kier alpha value is -1.78. The van der Waals surface area contributed by atoms with E-state index >= 15 is 0 Å². The van der Waals surface area contributed by atoms with Crippen LogP contribution in [0.1, 0.15) is 0 Å². The molecule has 0 atom stereocenters. The predicted octanol–water partition coefficient (Wildman–Crippen LogP) is 4.90. The van der Waals surface area contributed by atoms with Crippen molar-refractivity contribution in [3.63, 3.8) is 0 Å². The highest BCUT2D eigenvalue weighted by Crippen LogP contribution is 2.31. The summed E-state index contributed by atoms with van der Waals surface area (Å²) in [5.41, 5.74) is 4.11. The normalized spacial score (nSPS) is 12.3. The molecule has 0 N–H and O–H groups in total. The monoisotopic (exact) mass is 505 g/mol. The SMILES string of the molecule is Cn1cc(-c2cnc3c(c2)c2cc(I)ncc2n3COCC[Si](C)(C)C)cn1. The summed E-state index contributed by atoms with van der Waals surface area (Å²) in [7, 11) is 0.816. The number of aromatic nitrogens is 5. The minimum absolute atomic E-state index is 0.492.